The van der Waals surface area contributed by atoms with Crippen LogP contribution in [0.4, 0.5) is 0 Å². The molecule has 1 N–H and O–H groups in total. The maximum Gasteiger partial charge on any atom is 0.0236 e. The molecule has 2 heterocycles. The van der Waals surface area contributed by atoms with Crippen LogP contribution in [-0.4, -0.2) is 30.1 Å². The van der Waals surface area contributed by atoms with Crippen molar-refractivity contribution < 1.29 is 0 Å². The average Bonchev–Trinajstić information content (AvgIpc) is 2.95. The first-order valence-electron chi connectivity index (χ1n) is 7.93. The minimum Gasteiger partial charge on any atom is -0.314 e. The molecule has 2 nitrogen and oxygen atoms in total. The number of nitrogens with one attached hydrogen (secondary N) is 1. The summed E-state index contributed by atoms with van der Waals surface area (Å²) in [6.45, 7) is 3.65. The van der Waals surface area contributed by atoms with Gasteiger partial charge in [0.05, 0.1) is 0 Å². The number of likely N-dealkylation sites (tertiary alicyclic amines) is 1. The van der Waals surface area contributed by atoms with Crippen molar-refractivity contribution in [1.29, 1.82) is 0 Å². The fourth-order valence-electron chi connectivity index (χ4n) is 3.64. The largest absolute Gasteiger partial charge is 0.314 e. The second kappa shape index (κ2) is 6.53. The van der Waals surface area contributed by atoms with Crippen LogP contribution in [-0.2, 0) is 6.54 Å². The first-order valence-corrected chi connectivity index (χ1v) is 7.93. The van der Waals surface area contributed by atoms with E-state index in [0.717, 1.165) is 18.6 Å². The fraction of sp³-hybridized carbons (Fsp3) is 0.647. The van der Waals surface area contributed by atoms with E-state index in [1.807, 2.05) is 0 Å². The van der Waals surface area contributed by atoms with Gasteiger partial charge in [-0.3, -0.25) is 4.90 Å². The number of nitrogens with zero attached hydrogens (tertiary/aromatic N) is 1. The van der Waals surface area contributed by atoms with Gasteiger partial charge in [-0.25, -0.2) is 0 Å². The molecule has 0 aromatic heterocycles. The zero-order valence-electron chi connectivity index (χ0n) is 11.9. The fourth-order valence-corrected chi connectivity index (χ4v) is 3.64. The van der Waals surface area contributed by atoms with Crippen LogP contribution in [0.15, 0.2) is 30.3 Å². The number of rotatable bonds is 4. The number of hydrogen-bond donors (Lipinski definition) is 1. The maximum atomic E-state index is 3.66. The molecule has 2 heteroatoms. The van der Waals surface area contributed by atoms with Crippen LogP contribution in [0.3, 0.4) is 0 Å². The Morgan fingerprint density at radius 2 is 1.95 bits per heavy atom. The highest BCUT2D eigenvalue weighted by Crippen LogP contribution is 2.25. The molecule has 2 aliphatic heterocycles. The second-order valence-electron chi connectivity index (χ2n) is 6.13. The van der Waals surface area contributed by atoms with Crippen molar-refractivity contribution in [3.63, 3.8) is 0 Å². The Kier molecular flexibility index (Phi) is 4.52. The first-order chi connectivity index (χ1) is 9.42. The number of hydrogen-bond acceptors (Lipinski definition) is 2. The lowest BCUT2D eigenvalue weighted by Crippen LogP contribution is -2.42. The Morgan fingerprint density at radius 3 is 2.74 bits per heavy atom. The van der Waals surface area contributed by atoms with Crippen LogP contribution >= 0.6 is 0 Å². The van der Waals surface area contributed by atoms with Crippen LogP contribution in [0, 0.1) is 0 Å². The summed E-state index contributed by atoms with van der Waals surface area (Å²) in [6.07, 6.45) is 8.30. The molecule has 0 amide bonds. The van der Waals surface area contributed by atoms with Gasteiger partial charge in [0, 0.05) is 18.6 Å². The number of piperidine rings is 1. The smallest absolute Gasteiger partial charge is 0.0236 e. The lowest BCUT2D eigenvalue weighted by Gasteiger charge is -2.37. The van der Waals surface area contributed by atoms with Crippen molar-refractivity contribution in [2.24, 2.45) is 0 Å². The maximum absolute atomic E-state index is 3.66. The van der Waals surface area contributed by atoms with Gasteiger partial charge in [-0.2, -0.15) is 0 Å². The number of benzene rings is 1. The quantitative estimate of drug-likeness (QED) is 0.892. The third-order valence-corrected chi connectivity index (χ3v) is 4.70. The normalized spacial score (nSPS) is 28.6. The molecule has 19 heavy (non-hydrogen) atoms. The van der Waals surface area contributed by atoms with E-state index in [2.05, 4.69) is 40.5 Å². The molecule has 0 bridgehead atoms. The second-order valence-corrected chi connectivity index (χ2v) is 6.13. The molecule has 1 aromatic rings. The summed E-state index contributed by atoms with van der Waals surface area (Å²) in [5.41, 5.74) is 1.47. The molecule has 2 atom stereocenters. The van der Waals surface area contributed by atoms with Gasteiger partial charge in [-0.15, -0.1) is 0 Å². The topological polar surface area (TPSA) is 15.3 Å². The van der Waals surface area contributed by atoms with E-state index in [4.69, 9.17) is 0 Å². The van der Waals surface area contributed by atoms with Gasteiger partial charge in [-0.05, 0) is 50.8 Å². The lowest BCUT2D eigenvalue weighted by atomic mass is 9.94. The molecule has 0 radical (unpaired) electrons. The van der Waals surface area contributed by atoms with Crippen molar-refractivity contribution in [3.05, 3.63) is 35.9 Å². The predicted octanol–water partition coefficient (Wildman–Crippen LogP) is 3.18. The standard InChI is InChI=1S/C17H26N2/c1-2-7-15(8-3-1)14-19-12-5-4-10-17(19)13-16-9-6-11-18-16/h1-3,7-8,16-18H,4-6,9-14H2. The van der Waals surface area contributed by atoms with Crippen LogP contribution in [0.2, 0.25) is 0 Å². The summed E-state index contributed by atoms with van der Waals surface area (Å²) in [6, 6.07) is 12.5. The van der Waals surface area contributed by atoms with Gasteiger partial charge in [0.25, 0.3) is 0 Å². The Bertz CT molecular complexity index is 370. The molecular formula is C17H26N2. The molecule has 1 aromatic carbocycles. The highest BCUT2D eigenvalue weighted by Gasteiger charge is 2.26. The summed E-state index contributed by atoms with van der Waals surface area (Å²) >= 11 is 0. The molecule has 104 valence electrons. The van der Waals surface area contributed by atoms with E-state index in [9.17, 15) is 0 Å². The molecule has 2 saturated heterocycles. The molecule has 2 unspecified atom stereocenters. The molecule has 3 rings (SSSR count). The summed E-state index contributed by atoms with van der Waals surface area (Å²) in [5.74, 6) is 0. The lowest BCUT2D eigenvalue weighted by molar-refractivity contribution is 0.124. The third kappa shape index (κ3) is 3.58. The van der Waals surface area contributed by atoms with Gasteiger partial charge in [0.1, 0.15) is 0 Å². The van der Waals surface area contributed by atoms with Gasteiger partial charge in [0.2, 0.25) is 0 Å². The van der Waals surface area contributed by atoms with Gasteiger partial charge in [0.15, 0.2) is 0 Å². The SMILES string of the molecule is c1ccc(CN2CCCCC2CC2CCCN2)cc1. The summed E-state index contributed by atoms with van der Waals surface area (Å²) in [4.78, 5) is 2.72. The van der Waals surface area contributed by atoms with Gasteiger partial charge in [-0.1, -0.05) is 36.8 Å². The molecule has 2 fully saturated rings. The van der Waals surface area contributed by atoms with E-state index in [-0.39, 0.29) is 0 Å². The van der Waals surface area contributed by atoms with Gasteiger partial charge >= 0.3 is 0 Å². The summed E-state index contributed by atoms with van der Waals surface area (Å²) < 4.78 is 0. The Morgan fingerprint density at radius 1 is 1.05 bits per heavy atom. The van der Waals surface area contributed by atoms with Gasteiger partial charge < -0.3 is 5.32 Å². The highest BCUT2D eigenvalue weighted by atomic mass is 15.2. The molecule has 2 aliphatic rings. The molecule has 0 spiro atoms. The minimum absolute atomic E-state index is 0.779. The van der Waals surface area contributed by atoms with E-state index in [1.165, 1.54) is 57.2 Å². The van der Waals surface area contributed by atoms with Crippen molar-refractivity contribution in [2.45, 2.75) is 57.2 Å². The van der Waals surface area contributed by atoms with E-state index < -0.39 is 0 Å². The Balaban J connectivity index is 1.60. The van der Waals surface area contributed by atoms with Crippen LogP contribution in [0.25, 0.3) is 0 Å². The van der Waals surface area contributed by atoms with E-state index in [0.29, 0.717) is 0 Å². The predicted molar refractivity (Wildman–Crippen MR) is 80.1 cm³/mol. The van der Waals surface area contributed by atoms with Crippen molar-refractivity contribution in [2.75, 3.05) is 13.1 Å². The molecular weight excluding hydrogens is 232 g/mol. The average molecular weight is 258 g/mol. The van der Waals surface area contributed by atoms with Crippen LogP contribution in [0.5, 0.6) is 0 Å². The van der Waals surface area contributed by atoms with Crippen molar-refractivity contribution in [1.82, 2.24) is 10.2 Å². The van der Waals surface area contributed by atoms with Crippen molar-refractivity contribution in [3.8, 4) is 0 Å². The molecule has 0 saturated carbocycles. The minimum atomic E-state index is 0.779. The Labute approximate surface area is 117 Å². The third-order valence-electron chi connectivity index (χ3n) is 4.70. The van der Waals surface area contributed by atoms with Crippen LogP contribution < -0.4 is 5.32 Å². The summed E-state index contributed by atoms with van der Waals surface area (Å²) in [7, 11) is 0. The van der Waals surface area contributed by atoms with Crippen molar-refractivity contribution >= 4 is 0 Å². The molecule has 0 aliphatic carbocycles. The zero-order valence-corrected chi connectivity index (χ0v) is 11.9. The monoisotopic (exact) mass is 258 g/mol. The first kappa shape index (κ1) is 13.1. The highest BCUT2D eigenvalue weighted by molar-refractivity contribution is 5.14. The van der Waals surface area contributed by atoms with E-state index >= 15 is 0 Å². The van der Waals surface area contributed by atoms with Crippen LogP contribution in [0.1, 0.15) is 44.1 Å². The van der Waals surface area contributed by atoms with E-state index in [1.54, 1.807) is 0 Å². The Hall–Kier alpha value is -0.860. The summed E-state index contributed by atoms with van der Waals surface area (Å²) in [5, 5.41) is 3.66. The zero-order chi connectivity index (χ0) is 12.9.